The fourth-order valence-corrected chi connectivity index (χ4v) is 2.36. The third kappa shape index (κ3) is 3.58. The van der Waals surface area contributed by atoms with E-state index in [0.717, 1.165) is 29.6 Å². The van der Waals surface area contributed by atoms with Crippen molar-refractivity contribution in [2.45, 2.75) is 12.8 Å². The monoisotopic (exact) mass is 362 g/mol. The van der Waals surface area contributed by atoms with Crippen LogP contribution in [0.1, 0.15) is 23.2 Å². The number of carboxylic acid groups (broad SMARTS) is 1. The van der Waals surface area contributed by atoms with Gasteiger partial charge in [-0.15, -0.1) is 0 Å². The van der Waals surface area contributed by atoms with Crippen LogP contribution in [0.5, 0.6) is 5.75 Å². The standard InChI is InChI=1S/C13H15IO4/c14-11-2-1-10(13(15)16)7-12(11)18-8-9-3-5-17-6-4-9/h1-2,7,9H,3-6,8H2,(H,15,16). The van der Waals surface area contributed by atoms with Crippen LogP contribution in [0.4, 0.5) is 0 Å². The summed E-state index contributed by atoms with van der Waals surface area (Å²) in [5, 5.41) is 8.94. The zero-order chi connectivity index (χ0) is 13.0. The number of rotatable bonds is 4. The van der Waals surface area contributed by atoms with Gasteiger partial charge in [0.25, 0.3) is 0 Å². The Balaban J connectivity index is 1.99. The first-order valence-corrected chi connectivity index (χ1v) is 6.98. The Hall–Kier alpha value is -0.820. The number of carbonyl (C=O) groups is 1. The van der Waals surface area contributed by atoms with Gasteiger partial charge in [-0.2, -0.15) is 0 Å². The van der Waals surface area contributed by atoms with Crippen molar-refractivity contribution in [3.8, 4) is 5.75 Å². The van der Waals surface area contributed by atoms with Gasteiger partial charge in [0.15, 0.2) is 0 Å². The number of benzene rings is 1. The summed E-state index contributed by atoms with van der Waals surface area (Å²) in [6, 6.07) is 4.94. The van der Waals surface area contributed by atoms with E-state index in [0.29, 0.717) is 18.3 Å². The maximum Gasteiger partial charge on any atom is 0.335 e. The van der Waals surface area contributed by atoms with Gasteiger partial charge in [0, 0.05) is 13.2 Å². The summed E-state index contributed by atoms with van der Waals surface area (Å²) in [6.07, 6.45) is 2.02. The molecule has 1 fully saturated rings. The van der Waals surface area contributed by atoms with E-state index in [9.17, 15) is 4.79 Å². The third-order valence-electron chi connectivity index (χ3n) is 2.99. The SMILES string of the molecule is O=C(O)c1ccc(I)c(OCC2CCOCC2)c1. The molecule has 0 unspecified atom stereocenters. The quantitative estimate of drug-likeness (QED) is 0.837. The second-order valence-corrected chi connectivity index (χ2v) is 5.48. The number of halogens is 1. The molecule has 1 N–H and O–H groups in total. The van der Waals surface area contributed by atoms with Gasteiger partial charge in [0.1, 0.15) is 5.75 Å². The molecule has 0 spiro atoms. The molecule has 1 aliphatic rings. The molecule has 1 saturated heterocycles. The van der Waals surface area contributed by atoms with Crippen LogP contribution in [0.2, 0.25) is 0 Å². The van der Waals surface area contributed by atoms with E-state index >= 15 is 0 Å². The lowest BCUT2D eigenvalue weighted by atomic mass is 10.0. The third-order valence-corrected chi connectivity index (χ3v) is 3.88. The number of ether oxygens (including phenoxy) is 2. The minimum atomic E-state index is -0.928. The summed E-state index contributed by atoms with van der Waals surface area (Å²) in [4.78, 5) is 10.9. The Kier molecular flexibility index (Phi) is 4.82. The average Bonchev–Trinajstić information content (AvgIpc) is 2.38. The van der Waals surface area contributed by atoms with E-state index in [4.69, 9.17) is 14.6 Å². The van der Waals surface area contributed by atoms with E-state index < -0.39 is 5.97 Å². The van der Waals surface area contributed by atoms with Crippen molar-refractivity contribution < 1.29 is 19.4 Å². The minimum Gasteiger partial charge on any atom is -0.492 e. The van der Waals surface area contributed by atoms with Crippen LogP contribution < -0.4 is 4.74 Å². The molecule has 0 radical (unpaired) electrons. The lowest BCUT2D eigenvalue weighted by Crippen LogP contribution is -2.21. The lowest BCUT2D eigenvalue weighted by Gasteiger charge is -2.22. The van der Waals surface area contributed by atoms with Crippen LogP contribution in [0.25, 0.3) is 0 Å². The summed E-state index contributed by atoms with van der Waals surface area (Å²) < 4.78 is 12.0. The summed E-state index contributed by atoms with van der Waals surface area (Å²) in [7, 11) is 0. The van der Waals surface area contributed by atoms with Crippen molar-refractivity contribution in [2.75, 3.05) is 19.8 Å². The molecule has 1 heterocycles. The van der Waals surface area contributed by atoms with Gasteiger partial charge in [0.2, 0.25) is 0 Å². The van der Waals surface area contributed by atoms with Crippen LogP contribution in [-0.2, 0) is 4.74 Å². The minimum absolute atomic E-state index is 0.261. The highest BCUT2D eigenvalue weighted by Crippen LogP contribution is 2.24. The van der Waals surface area contributed by atoms with Crippen molar-refractivity contribution in [1.29, 1.82) is 0 Å². The second kappa shape index (κ2) is 6.38. The molecule has 4 nitrogen and oxygen atoms in total. The number of hydrogen-bond donors (Lipinski definition) is 1. The average molecular weight is 362 g/mol. The molecule has 1 aliphatic heterocycles. The molecule has 0 amide bonds. The van der Waals surface area contributed by atoms with E-state index in [-0.39, 0.29) is 5.56 Å². The zero-order valence-electron chi connectivity index (χ0n) is 9.89. The van der Waals surface area contributed by atoms with Crippen LogP contribution in [-0.4, -0.2) is 30.9 Å². The first-order valence-electron chi connectivity index (χ1n) is 5.90. The van der Waals surface area contributed by atoms with Crippen LogP contribution in [0, 0.1) is 9.49 Å². The second-order valence-electron chi connectivity index (χ2n) is 4.32. The predicted octanol–water partition coefficient (Wildman–Crippen LogP) is 2.79. The Bertz CT molecular complexity index is 427. The molecule has 0 bridgehead atoms. The van der Waals surface area contributed by atoms with Gasteiger partial charge >= 0.3 is 5.97 Å². The molecular formula is C13H15IO4. The molecule has 1 aromatic rings. The molecule has 18 heavy (non-hydrogen) atoms. The molecule has 0 atom stereocenters. The fourth-order valence-electron chi connectivity index (χ4n) is 1.87. The van der Waals surface area contributed by atoms with Crippen molar-refractivity contribution >= 4 is 28.6 Å². The van der Waals surface area contributed by atoms with Gasteiger partial charge in [-0.1, -0.05) is 0 Å². The number of aromatic carboxylic acids is 1. The normalized spacial score (nSPS) is 16.5. The van der Waals surface area contributed by atoms with Gasteiger partial charge in [-0.25, -0.2) is 4.79 Å². The first kappa shape index (κ1) is 13.6. The molecule has 0 aromatic heterocycles. The van der Waals surface area contributed by atoms with Crippen molar-refractivity contribution in [3.63, 3.8) is 0 Å². The van der Waals surface area contributed by atoms with Gasteiger partial charge < -0.3 is 14.6 Å². The largest absolute Gasteiger partial charge is 0.492 e. The molecule has 0 aliphatic carbocycles. The molecule has 0 saturated carbocycles. The topological polar surface area (TPSA) is 55.8 Å². The highest BCUT2D eigenvalue weighted by Gasteiger charge is 2.15. The molecular weight excluding hydrogens is 347 g/mol. The fraction of sp³-hybridized carbons (Fsp3) is 0.462. The Morgan fingerprint density at radius 3 is 2.83 bits per heavy atom. The number of carboxylic acids is 1. The Morgan fingerprint density at radius 1 is 1.44 bits per heavy atom. The van der Waals surface area contributed by atoms with Gasteiger partial charge in [0.05, 0.1) is 15.7 Å². The zero-order valence-corrected chi connectivity index (χ0v) is 12.1. The Labute approximate surface area is 119 Å². The van der Waals surface area contributed by atoms with Crippen molar-refractivity contribution in [2.24, 2.45) is 5.92 Å². The van der Waals surface area contributed by atoms with E-state index in [1.807, 2.05) is 0 Å². The molecule has 2 rings (SSSR count). The predicted molar refractivity (Wildman–Crippen MR) is 75.2 cm³/mol. The van der Waals surface area contributed by atoms with Gasteiger partial charge in [-0.3, -0.25) is 0 Å². The highest BCUT2D eigenvalue weighted by atomic mass is 127. The van der Waals surface area contributed by atoms with Gasteiger partial charge in [-0.05, 0) is 59.5 Å². The smallest absolute Gasteiger partial charge is 0.335 e. The van der Waals surface area contributed by atoms with Crippen molar-refractivity contribution in [1.82, 2.24) is 0 Å². The summed E-state index contributed by atoms with van der Waals surface area (Å²) in [5.74, 6) is 0.229. The summed E-state index contributed by atoms with van der Waals surface area (Å²) >= 11 is 2.15. The van der Waals surface area contributed by atoms with Crippen LogP contribution in [0.3, 0.4) is 0 Å². The molecule has 98 valence electrons. The van der Waals surface area contributed by atoms with Crippen molar-refractivity contribution in [3.05, 3.63) is 27.3 Å². The van der Waals surface area contributed by atoms with Crippen LogP contribution >= 0.6 is 22.6 Å². The number of hydrogen-bond acceptors (Lipinski definition) is 3. The maximum absolute atomic E-state index is 10.9. The maximum atomic E-state index is 10.9. The first-order chi connectivity index (χ1) is 8.66. The summed E-state index contributed by atoms with van der Waals surface area (Å²) in [6.45, 7) is 2.21. The van der Waals surface area contributed by atoms with E-state index in [2.05, 4.69) is 22.6 Å². The Morgan fingerprint density at radius 2 is 2.17 bits per heavy atom. The highest BCUT2D eigenvalue weighted by molar-refractivity contribution is 14.1. The summed E-state index contributed by atoms with van der Waals surface area (Å²) in [5.41, 5.74) is 0.261. The van der Waals surface area contributed by atoms with Crippen LogP contribution in [0.15, 0.2) is 18.2 Å². The molecule has 1 aromatic carbocycles. The van der Waals surface area contributed by atoms with E-state index in [1.54, 1.807) is 18.2 Å². The van der Waals surface area contributed by atoms with E-state index in [1.165, 1.54) is 0 Å². The lowest BCUT2D eigenvalue weighted by molar-refractivity contribution is 0.0496. The molecule has 5 heteroatoms.